The first-order valence-corrected chi connectivity index (χ1v) is 11.0. The third-order valence-corrected chi connectivity index (χ3v) is 6.32. The maximum absolute atomic E-state index is 12.8. The molecule has 1 amide bonds. The summed E-state index contributed by atoms with van der Waals surface area (Å²) in [6, 6.07) is 12.9. The number of piperazine rings is 1. The van der Waals surface area contributed by atoms with Gasteiger partial charge in [-0.25, -0.2) is 4.98 Å². The van der Waals surface area contributed by atoms with Crippen LogP contribution in [0.4, 0.5) is 5.13 Å². The van der Waals surface area contributed by atoms with E-state index in [9.17, 15) is 4.79 Å². The van der Waals surface area contributed by atoms with E-state index in [0.29, 0.717) is 48.2 Å². The Balaban J connectivity index is 1.37. The number of halogens is 2. The maximum Gasteiger partial charge on any atom is 0.255 e. The smallest absolute Gasteiger partial charge is 0.255 e. The van der Waals surface area contributed by atoms with Crippen molar-refractivity contribution in [1.82, 2.24) is 14.3 Å². The van der Waals surface area contributed by atoms with Crippen molar-refractivity contribution in [3.63, 3.8) is 0 Å². The lowest BCUT2D eigenvalue weighted by atomic mass is 10.1. The fraction of sp³-hybridized carbons (Fsp3) is 0.286. The molecule has 1 aromatic heterocycles. The van der Waals surface area contributed by atoms with E-state index in [1.54, 1.807) is 25.3 Å². The maximum atomic E-state index is 12.8. The van der Waals surface area contributed by atoms with Gasteiger partial charge >= 0.3 is 0 Å². The summed E-state index contributed by atoms with van der Waals surface area (Å²) in [5.74, 6) is 1.53. The van der Waals surface area contributed by atoms with Crippen LogP contribution < -0.4 is 9.64 Å². The number of nitrogens with zero attached hydrogens (tertiary/aromatic N) is 4. The van der Waals surface area contributed by atoms with E-state index in [0.717, 1.165) is 22.3 Å². The molecule has 1 saturated heterocycles. The zero-order chi connectivity index (χ0) is 21.1. The van der Waals surface area contributed by atoms with Crippen LogP contribution in [0.3, 0.4) is 0 Å². The molecule has 1 aliphatic heterocycles. The molecule has 4 rings (SSSR count). The van der Waals surface area contributed by atoms with E-state index in [1.807, 2.05) is 29.2 Å². The number of carbonyl (C=O) groups excluding carboxylic acids is 1. The Morgan fingerprint density at radius 2 is 1.93 bits per heavy atom. The van der Waals surface area contributed by atoms with E-state index in [-0.39, 0.29) is 5.91 Å². The predicted octanol–water partition coefficient (Wildman–Crippen LogP) is 4.41. The van der Waals surface area contributed by atoms with E-state index in [1.165, 1.54) is 11.5 Å². The van der Waals surface area contributed by atoms with Crippen LogP contribution in [0.5, 0.6) is 5.75 Å². The average molecular weight is 463 g/mol. The molecule has 0 radical (unpaired) electrons. The van der Waals surface area contributed by atoms with Crippen LogP contribution in [0, 0.1) is 0 Å². The quantitative estimate of drug-likeness (QED) is 0.561. The SMILES string of the molecule is COc1cccc(Cc2nsc(N3CCN(C(=O)c4ccc(Cl)cc4Cl)CC3)n2)c1. The van der Waals surface area contributed by atoms with Gasteiger partial charge in [0.05, 0.1) is 17.7 Å². The van der Waals surface area contributed by atoms with Gasteiger partial charge in [-0.2, -0.15) is 4.37 Å². The van der Waals surface area contributed by atoms with Gasteiger partial charge in [0, 0.05) is 49.2 Å². The summed E-state index contributed by atoms with van der Waals surface area (Å²) >= 11 is 13.5. The van der Waals surface area contributed by atoms with Crippen molar-refractivity contribution >= 4 is 45.8 Å². The number of ether oxygens (including phenoxy) is 1. The summed E-state index contributed by atoms with van der Waals surface area (Å²) in [7, 11) is 1.66. The molecule has 0 bridgehead atoms. The lowest BCUT2D eigenvalue weighted by molar-refractivity contribution is 0.0747. The Morgan fingerprint density at radius 3 is 2.67 bits per heavy atom. The van der Waals surface area contributed by atoms with Crippen LogP contribution in [0.2, 0.25) is 10.0 Å². The number of hydrogen-bond donors (Lipinski definition) is 0. The third-order valence-electron chi connectivity index (χ3n) is 4.95. The lowest BCUT2D eigenvalue weighted by Gasteiger charge is -2.34. The standard InChI is InChI=1S/C21H20Cl2N4O2S/c1-29-16-4-2-3-14(11-16)12-19-24-21(30-25-19)27-9-7-26(8-10-27)20(28)17-6-5-15(22)13-18(17)23/h2-6,11,13H,7-10,12H2,1H3. The summed E-state index contributed by atoms with van der Waals surface area (Å²) in [4.78, 5) is 21.4. The van der Waals surface area contributed by atoms with Crippen LogP contribution in [0.25, 0.3) is 0 Å². The van der Waals surface area contributed by atoms with Gasteiger partial charge in [-0.3, -0.25) is 4.79 Å². The normalized spacial score (nSPS) is 14.1. The van der Waals surface area contributed by atoms with E-state index < -0.39 is 0 Å². The Bertz CT molecular complexity index is 1050. The molecule has 3 aromatic rings. The summed E-state index contributed by atoms with van der Waals surface area (Å²) in [5.41, 5.74) is 1.58. The zero-order valence-electron chi connectivity index (χ0n) is 16.3. The van der Waals surface area contributed by atoms with Crippen molar-refractivity contribution in [2.45, 2.75) is 6.42 Å². The Kier molecular flexibility index (Phi) is 6.41. The van der Waals surface area contributed by atoms with Crippen LogP contribution in [0.15, 0.2) is 42.5 Å². The number of hydrogen-bond acceptors (Lipinski definition) is 6. The number of rotatable bonds is 5. The molecule has 156 valence electrons. The van der Waals surface area contributed by atoms with Gasteiger partial charge in [-0.05, 0) is 35.9 Å². The molecule has 2 aromatic carbocycles. The summed E-state index contributed by atoms with van der Waals surface area (Å²) < 4.78 is 9.78. The molecule has 6 nitrogen and oxygen atoms in total. The number of aromatic nitrogens is 2. The van der Waals surface area contributed by atoms with Gasteiger partial charge in [0.15, 0.2) is 0 Å². The fourth-order valence-electron chi connectivity index (χ4n) is 3.34. The van der Waals surface area contributed by atoms with Gasteiger partial charge in [-0.1, -0.05) is 35.3 Å². The molecule has 0 N–H and O–H groups in total. The second-order valence-electron chi connectivity index (χ2n) is 6.92. The number of carbonyl (C=O) groups is 1. The lowest BCUT2D eigenvalue weighted by Crippen LogP contribution is -2.48. The highest BCUT2D eigenvalue weighted by atomic mass is 35.5. The molecule has 0 saturated carbocycles. The largest absolute Gasteiger partial charge is 0.497 e. The Morgan fingerprint density at radius 1 is 1.13 bits per heavy atom. The second-order valence-corrected chi connectivity index (χ2v) is 8.50. The van der Waals surface area contributed by atoms with Crippen molar-refractivity contribution in [3.05, 3.63) is 69.5 Å². The van der Waals surface area contributed by atoms with Gasteiger partial charge < -0.3 is 14.5 Å². The number of methoxy groups -OCH3 is 1. The summed E-state index contributed by atoms with van der Waals surface area (Å²) in [6.45, 7) is 2.60. The van der Waals surface area contributed by atoms with E-state index in [2.05, 4.69) is 14.3 Å². The first kappa shape index (κ1) is 20.9. The molecule has 0 unspecified atom stereocenters. The van der Waals surface area contributed by atoms with Crippen molar-refractivity contribution < 1.29 is 9.53 Å². The minimum Gasteiger partial charge on any atom is -0.497 e. The molecule has 9 heteroatoms. The Hall–Kier alpha value is -2.35. The first-order valence-electron chi connectivity index (χ1n) is 9.48. The van der Waals surface area contributed by atoms with Crippen molar-refractivity contribution in [1.29, 1.82) is 0 Å². The molecule has 0 aliphatic carbocycles. The molecule has 1 fully saturated rings. The van der Waals surface area contributed by atoms with Crippen molar-refractivity contribution in [3.8, 4) is 5.75 Å². The first-order chi connectivity index (χ1) is 14.5. The average Bonchev–Trinajstić information content (AvgIpc) is 3.22. The van der Waals surface area contributed by atoms with Crippen molar-refractivity contribution in [2.24, 2.45) is 0 Å². The summed E-state index contributed by atoms with van der Waals surface area (Å²) in [6.07, 6.45) is 0.654. The molecule has 0 spiro atoms. The van der Waals surface area contributed by atoms with E-state index >= 15 is 0 Å². The molecule has 30 heavy (non-hydrogen) atoms. The molecule has 2 heterocycles. The van der Waals surface area contributed by atoms with Crippen LogP contribution >= 0.6 is 34.7 Å². The molecular formula is C21H20Cl2N4O2S. The number of amides is 1. The minimum absolute atomic E-state index is 0.0766. The highest BCUT2D eigenvalue weighted by molar-refractivity contribution is 7.09. The highest BCUT2D eigenvalue weighted by Gasteiger charge is 2.25. The van der Waals surface area contributed by atoms with Crippen LogP contribution in [-0.2, 0) is 6.42 Å². The van der Waals surface area contributed by atoms with Crippen molar-refractivity contribution in [2.75, 3.05) is 38.2 Å². The zero-order valence-corrected chi connectivity index (χ0v) is 18.7. The molecule has 1 aliphatic rings. The minimum atomic E-state index is -0.0766. The van der Waals surface area contributed by atoms with Gasteiger partial charge in [-0.15, -0.1) is 0 Å². The monoisotopic (exact) mass is 462 g/mol. The van der Waals surface area contributed by atoms with Gasteiger partial charge in [0.2, 0.25) is 5.13 Å². The molecule has 0 atom stereocenters. The number of benzene rings is 2. The van der Waals surface area contributed by atoms with Gasteiger partial charge in [0.1, 0.15) is 11.6 Å². The Labute approximate surface area is 189 Å². The topological polar surface area (TPSA) is 58.6 Å². The predicted molar refractivity (Wildman–Crippen MR) is 120 cm³/mol. The highest BCUT2D eigenvalue weighted by Crippen LogP contribution is 2.25. The van der Waals surface area contributed by atoms with Crippen LogP contribution in [0.1, 0.15) is 21.7 Å². The number of anilines is 1. The summed E-state index contributed by atoms with van der Waals surface area (Å²) in [5, 5.41) is 1.77. The van der Waals surface area contributed by atoms with E-state index in [4.69, 9.17) is 27.9 Å². The van der Waals surface area contributed by atoms with Crippen LogP contribution in [-0.4, -0.2) is 53.5 Å². The second kappa shape index (κ2) is 9.20. The molecular weight excluding hydrogens is 443 g/mol. The fourth-order valence-corrected chi connectivity index (χ4v) is 4.57. The van der Waals surface area contributed by atoms with Gasteiger partial charge in [0.25, 0.3) is 5.91 Å². The third kappa shape index (κ3) is 4.69.